The Balaban J connectivity index is 2.17. The number of carbonyl (C=O) groups excluding carboxylic acids is 2. The van der Waals surface area contributed by atoms with E-state index in [0.717, 1.165) is 6.42 Å². The summed E-state index contributed by atoms with van der Waals surface area (Å²) < 4.78 is 20.4. The molecule has 2 aromatic rings. The third-order valence-corrected chi connectivity index (χ3v) is 4.14. The van der Waals surface area contributed by atoms with Gasteiger partial charge in [-0.1, -0.05) is 13.8 Å². The Morgan fingerprint density at radius 3 is 2.34 bits per heavy atom. The van der Waals surface area contributed by atoms with Crippen LogP contribution < -0.4 is 14.8 Å². The molecule has 0 aliphatic carbocycles. The van der Waals surface area contributed by atoms with Gasteiger partial charge in [-0.3, -0.25) is 0 Å². The van der Waals surface area contributed by atoms with E-state index in [1.54, 1.807) is 23.1 Å². The molecule has 0 saturated heterocycles. The zero-order chi connectivity index (χ0) is 21.4. The maximum atomic E-state index is 12.9. The molecule has 0 aliphatic heterocycles. The van der Waals surface area contributed by atoms with Gasteiger partial charge in [-0.2, -0.15) is 0 Å². The van der Waals surface area contributed by atoms with E-state index in [9.17, 15) is 9.59 Å². The third-order valence-electron chi connectivity index (χ3n) is 4.14. The Bertz CT molecular complexity index is 811. The summed E-state index contributed by atoms with van der Waals surface area (Å²) in [7, 11) is 4.34. The Morgan fingerprint density at radius 2 is 1.79 bits per heavy atom. The first kappa shape index (κ1) is 22.1. The van der Waals surface area contributed by atoms with Crippen molar-refractivity contribution < 1.29 is 28.2 Å². The van der Waals surface area contributed by atoms with Crippen molar-refractivity contribution in [3.8, 4) is 11.5 Å². The van der Waals surface area contributed by atoms with E-state index >= 15 is 0 Å². The molecule has 2 amide bonds. The number of hydrogen-bond donors (Lipinski definition) is 1. The molecule has 9 nitrogen and oxygen atoms in total. The van der Waals surface area contributed by atoms with Gasteiger partial charge in [0.2, 0.25) is 5.89 Å². The molecule has 29 heavy (non-hydrogen) atoms. The molecule has 1 heterocycles. The van der Waals surface area contributed by atoms with Gasteiger partial charge >= 0.3 is 12.0 Å². The van der Waals surface area contributed by atoms with Gasteiger partial charge in [0.1, 0.15) is 17.8 Å². The molecular weight excluding hydrogens is 378 g/mol. The summed E-state index contributed by atoms with van der Waals surface area (Å²) in [6.07, 6.45) is 2.01. The predicted octanol–water partition coefficient (Wildman–Crippen LogP) is 3.56. The van der Waals surface area contributed by atoms with Gasteiger partial charge in [-0.15, -0.1) is 0 Å². The molecule has 0 unspecified atom stereocenters. The summed E-state index contributed by atoms with van der Waals surface area (Å²) in [5.74, 6) is 1.17. The fraction of sp³-hybridized carbons (Fsp3) is 0.450. The van der Waals surface area contributed by atoms with Crippen molar-refractivity contribution in [2.45, 2.75) is 26.8 Å². The Hall–Kier alpha value is -3.23. The van der Waals surface area contributed by atoms with Crippen LogP contribution in [-0.4, -0.2) is 49.8 Å². The van der Waals surface area contributed by atoms with E-state index in [0.29, 0.717) is 29.6 Å². The van der Waals surface area contributed by atoms with Crippen molar-refractivity contribution in [2.24, 2.45) is 5.92 Å². The zero-order valence-corrected chi connectivity index (χ0v) is 17.4. The van der Waals surface area contributed by atoms with Gasteiger partial charge < -0.3 is 28.8 Å². The summed E-state index contributed by atoms with van der Waals surface area (Å²) in [6, 6.07) is 4.77. The van der Waals surface area contributed by atoms with E-state index in [-0.39, 0.29) is 24.2 Å². The molecule has 2 rings (SSSR count). The number of ether oxygens (including phenoxy) is 3. The van der Waals surface area contributed by atoms with Crippen LogP contribution in [0.1, 0.15) is 36.6 Å². The van der Waals surface area contributed by atoms with Gasteiger partial charge in [0.25, 0.3) is 0 Å². The molecule has 0 spiro atoms. The number of anilines is 1. The van der Waals surface area contributed by atoms with E-state index in [4.69, 9.17) is 13.9 Å². The Labute approximate surface area is 169 Å². The molecule has 9 heteroatoms. The second-order valence-electron chi connectivity index (χ2n) is 6.75. The van der Waals surface area contributed by atoms with Crippen LogP contribution in [0.5, 0.6) is 11.5 Å². The SMILES string of the molecule is COC(=O)c1coc(CN(CCC(C)C)C(=O)Nc2cc(OC)cc(OC)c2)n1. The lowest BCUT2D eigenvalue weighted by Crippen LogP contribution is -2.36. The van der Waals surface area contributed by atoms with Crippen molar-refractivity contribution in [2.75, 3.05) is 33.2 Å². The number of amides is 2. The minimum atomic E-state index is -0.596. The molecule has 0 fully saturated rings. The maximum absolute atomic E-state index is 12.9. The van der Waals surface area contributed by atoms with Gasteiger partial charge in [-0.05, 0) is 12.3 Å². The molecule has 0 radical (unpaired) electrons. The Morgan fingerprint density at radius 1 is 1.14 bits per heavy atom. The summed E-state index contributed by atoms with van der Waals surface area (Å²) in [5, 5.41) is 2.84. The number of urea groups is 1. The van der Waals surface area contributed by atoms with E-state index in [1.807, 2.05) is 0 Å². The molecule has 0 atom stereocenters. The van der Waals surface area contributed by atoms with Crippen LogP contribution in [-0.2, 0) is 11.3 Å². The first-order valence-electron chi connectivity index (χ1n) is 9.18. The number of aromatic nitrogens is 1. The van der Waals surface area contributed by atoms with Crippen molar-refractivity contribution in [1.29, 1.82) is 0 Å². The lowest BCUT2D eigenvalue weighted by molar-refractivity contribution is 0.0594. The minimum absolute atomic E-state index is 0.0595. The second-order valence-corrected chi connectivity index (χ2v) is 6.75. The molecule has 0 saturated carbocycles. The number of nitrogens with zero attached hydrogens (tertiary/aromatic N) is 2. The highest BCUT2D eigenvalue weighted by molar-refractivity contribution is 5.90. The molecule has 1 aromatic carbocycles. The fourth-order valence-corrected chi connectivity index (χ4v) is 2.49. The minimum Gasteiger partial charge on any atom is -0.497 e. The van der Waals surface area contributed by atoms with E-state index in [2.05, 4.69) is 28.9 Å². The number of methoxy groups -OCH3 is 3. The highest BCUT2D eigenvalue weighted by Crippen LogP contribution is 2.26. The van der Waals surface area contributed by atoms with Crippen LogP contribution in [0.4, 0.5) is 10.5 Å². The smallest absolute Gasteiger partial charge is 0.360 e. The number of rotatable bonds is 9. The molecule has 158 valence electrons. The number of hydrogen-bond acceptors (Lipinski definition) is 7. The van der Waals surface area contributed by atoms with E-state index in [1.165, 1.54) is 27.6 Å². The number of esters is 1. The Kier molecular flexibility index (Phi) is 7.88. The highest BCUT2D eigenvalue weighted by Gasteiger charge is 2.20. The van der Waals surface area contributed by atoms with Crippen LogP contribution >= 0.6 is 0 Å². The monoisotopic (exact) mass is 405 g/mol. The standard InChI is InChI=1S/C20H27N3O6/c1-13(2)6-7-23(11-18-22-17(12-29-18)19(24)28-5)20(25)21-14-8-15(26-3)10-16(9-14)27-4/h8-10,12-13H,6-7,11H2,1-5H3,(H,21,25). The number of benzene rings is 1. The van der Waals surface area contributed by atoms with Crippen LogP contribution in [0.15, 0.2) is 28.9 Å². The molecule has 1 aromatic heterocycles. The van der Waals surface area contributed by atoms with Crippen molar-refractivity contribution >= 4 is 17.7 Å². The zero-order valence-electron chi connectivity index (χ0n) is 17.4. The first-order valence-corrected chi connectivity index (χ1v) is 9.18. The first-order chi connectivity index (χ1) is 13.9. The average Bonchev–Trinajstić information content (AvgIpc) is 3.18. The van der Waals surface area contributed by atoms with Crippen molar-refractivity contribution in [3.63, 3.8) is 0 Å². The lowest BCUT2D eigenvalue weighted by Gasteiger charge is -2.23. The topological polar surface area (TPSA) is 103 Å². The average molecular weight is 405 g/mol. The molecule has 0 bridgehead atoms. The van der Waals surface area contributed by atoms with Crippen LogP contribution in [0.25, 0.3) is 0 Å². The van der Waals surface area contributed by atoms with Crippen molar-refractivity contribution in [1.82, 2.24) is 9.88 Å². The molecular formula is C20H27N3O6. The number of carbonyl (C=O) groups is 2. The lowest BCUT2D eigenvalue weighted by atomic mass is 10.1. The summed E-state index contributed by atoms with van der Waals surface area (Å²) >= 11 is 0. The number of oxazole rings is 1. The normalized spacial score (nSPS) is 10.6. The quantitative estimate of drug-likeness (QED) is 0.636. The summed E-state index contributed by atoms with van der Waals surface area (Å²) in [4.78, 5) is 30.1. The largest absolute Gasteiger partial charge is 0.497 e. The third kappa shape index (κ3) is 6.41. The predicted molar refractivity (Wildman–Crippen MR) is 106 cm³/mol. The summed E-state index contributed by atoms with van der Waals surface area (Å²) in [5.41, 5.74) is 0.590. The fourth-order valence-electron chi connectivity index (χ4n) is 2.49. The second kappa shape index (κ2) is 10.4. The van der Waals surface area contributed by atoms with Crippen molar-refractivity contribution in [3.05, 3.63) is 36.0 Å². The number of nitrogens with one attached hydrogen (secondary N) is 1. The van der Waals surface area contributed by atoms with E-state index < -0.39 is 5.97 Å². The summed E-state index contributed by atoms with van der Waals surface area (Å²) in [6.45, 7) is 4.74. The van der Waals surface area contributed by atoms with Gasteiger partial charge in [0, 0.05) is 30.4 Å². The highest BCUT2D eigenvalue weighted by atomic mass is 16.5. The van der Waals surface area contributed by atoms with Gasteiger partial charge in [0.05, 0.1) is 27.9 Å². The van der Waals surface area contributed by atoms with Gasteiger partial charge in [0.15, 0.2) is 5.69 Å². The molecule has 1 N–H and O–H groups in total. The van der Waals surface area contributed by atoms with Crippen LogP contribution in [0, 0.1) is 5.92 Å². The van der Waals surface area contributed by atoms with Crippen LogP contribution in [0.2, 0.25) is 0 Å². The molecule has 0 aliphatic rings. The maximum Gasteiger partial charge on any atom is 0.360 e. The van der Waals surface area contributed by atoms with Gasteiger partial charge in [-0.25, -0.2) is 14.6 Å². The van der Waals surface area contributed by atoms with Crippen LogP contribution in [0.3, 0.4) is 0 Å².